The van der Waals surface area contributed by atoms with E-state index in [1.165, 1.54) is 6.07 Å². The Morgan fingerprint density at radius 3 is 2.46 bits per heavy atom. The Morgan fingerprint density at radius 1 is 1.25 bits per heavy atom. The second-order valence-electron chi connectivity index (χ2n) is 6.63. The van der Waals surface area contributed by atoms with E-state index >= 15 is 0 Å². The molecule has 1 aromatic carbocycles. The summed E-state index contributed by atoms with van der Waals surface area (Å²) in [6.07, 6.45) is -3.55. The van der Waals surface area contributed by atoms with Gasteiger partial charge in [0.1, 0.15) is 11.6 Å². The van der Waals surface area contributed by atoms with Gasteiger partial charge in [-0.25, -0.2) is 4.39 Å². The van der Waals surface area contributed by atoms with Crippen LogP contribution in [-0.2, 0) is 22.1 Å². The molecule has 2 heterocycles. The smallest absolute Gasteiger partial charge is 0.378 e. The average molecular weight is 345 g/mol. The van der Waals surface area contributed by atoms with Gasteiger partial charge in [-0.3, -0.25) is 9.69 Å². The number of alkyl halides is 3. The van der Waals surface area contributed by atoms with E-state index in [2.05, 4.69) is 4.90 Å². The predicted octanol–water partition coefficient (Wildman–Crippen LogP) is 3.07. The number of ether oxygens (including phenoxy) is 1. The lowest BCUT2D eigenvalue weighted by Crippen LogP contribution is -2.55. The van der Waals surface area contributed by atoms with Crippen molar-refractivity contribution in [2.75, 3.05) is 20.3 Å². The van der Waals surface area contributed by atoms with Gasteiger partial charge >= 0.3 is 6.18 Å². The SMILES string of the molecule is CN1C2COCC1CC(C(=O)Cc1ccc(F)c(C(F)(F)F)c1)C2. The van der Waals surface area contributed by atoms with Crippen molar-refractivity contribution in [2.45, 2.75) is 37.5 Å². The molecule has 0 amide bonds. The molecule has 2 aliphatic heterocycles. The van der Waals surface area contributed by atoms with Crippen LogP contribution < -0.4 is 0 Å². The largest absolute Gasteiger partial charge is 0.419 e. The molecule has 3 nitrogen and oxygen atoms in total. The zero-order valence-corrected chi connectivity index (χ0v) is 13.3. The van der Waals surface area contributed by atoms with Gasteiger partial charge in [0, 0.05) is 24.4 Å². The van der Waals surface area contributed by atoms with Crippen LogP contribution in [0.2, 0.25) is 0 Å². The molecular weight excluding hydrogens is 326 g/mol. The van der Waals surface area contributed by atoms with Crippen molar-refractivity contribution in [3.8, 4) is 0 Å². The second-order valence-corrected chi connectivity index (χ2v) is 6.63. The number of rotatable bonds is 3. The van der Waals surface area contributed by atoms with Gasteiger partial charge in [0.25, 0.3) is 0 Å². The highest BCUT2D eigenvalue weighted by molar-refractivity contribution is 5.83. The summed E-state index contributed by atoms with van der Waals surface area (Å²) in [5, 5.41) is 0. The minimum absolute atomic E-state index is 0.0836. The van der Waals surface area contributed by atoms with E-state index in [0.29, 0.717) is 26.1 Å². The molecule has 2 fully saturated rings. The van der Waals surface area contributed by atoms with Crippen LogP contribution in [0.1, 0.15) is 24.0 Å². The number of nitrogens with zero attached hydrogens (tertiary/aromatic N) is 1. The van der Waals surface area contributed by atoms with Crippen molar-refractivity contribution in [3.63, 3.8) is 0 Å². The maximum Gasteiger partial charge on any atom is 0.419 e. The standard InChI is InChI=1S/C17H19F4NO2/c1-22-12-6-11(7-13(22)9-24-8-12)16(23)5-10-2-3-15(18)14(4-10)17(19,20)21/h2-4,11-13H,5-9H2,1H3. The van der Waals surface area contributed by atoms with E-state index in [1.807, 2.05) is 7.05 Å². The molecule has 0 N–H and O–H groups in total. The third-order valence-electron chi connectivity index (χ3n) is 5.06. The number of carbonyl (C=O) groups excluding carboxylic acids is 1. The minimum Gasteiger partial charge on any atom is -0.378 e. The van der Waals surface area contributed by atoms with Crippen LogP contribution in [0.25, 0.3) is 0 Å². The quantitative estimate of drug-likeness (QED) is 0.789. The van der Waals surface area contributed by atoms with Gasteiger partial charge in [0.05, 0.1) is 18.8 Å². The molecule has 2 saturated heterocycles. The van der Waals surface area contributed by atoms with E-state index < -0.39 is 17.6 Å². The van der Waals surface area contributed by atoms with Gasteiger partial charge in [-0.05, 0) is 37.6 Å². The van der Waals surface area contributed by atoms with Gasteiger partial charge in [0.15, 0.2) is 0 Å². The van der Waals surface area contributed by atoms with Crippen LogP contribution >= 0.6 is 0 Å². The van der Waals surface area contributed by atoms with Crippen molar-refractivity contribution in [3.05, 3.63) is 35.1 Å². The maximum atomic E-state index is 13.3. The number of fused-ring (bicyclic) bond motifs is 2. The molecule has 2 unspecified atom stereocenters. The highest BCUT2D eigenvalue weighted by Gasteiger charge is 2.39. The van der Waals surface area contributed by atoms with Crippen LogP contribution in [-0.4, -0.2) is 43.0 Å². The van der Waals surface area contributed by atoms with Crippen LogP contribution in [0.5, 0.6) is 0 Å². The molecule has 0 aromatic heterocycles. The Hall–Kier alpha value is -1.47. The number of halogens is 4. The topological polar surface area (TPSA) is 29.5 Å². The normalized spacial score (nSPS) is 28.0. The Labute approximate surface area is 137 Å². The predicted molar refractivity (Wildman–Crippen MR) is 79.0 cm³/mol. The van der Waals surface area contributed by atoms with Crippen LogP contribution in [0.4, 0.5) is 17.6 Å². The lowest BCUT2D eigenvalue weighted by molar-refractivity contribution is -0.140. The summed E-state index contributed by atoms with van der Waals surface area (Å²) < 4.78 is 57.2. The Bertz CT molecular complexity index is 618. The minimum atomic E-state index is -4.76. The van der Waals surface area contributed by atoms with E-state index in [4.69, 9.17) is 4.74 Å². The number of hydrogen-bond acceptors (Lipinski definition) is 3. The molecule has 132 valence electrons. The first-order chi connectivity index (χ1) is 11.3. The van der Waals surface area contributed by atoms with Gasteiger partial charge in [-0.1, -0.05) is 6.07 Å². The zero-order chi connectivity index (χ0) is 17.5. The summed E-state index contributed by atoms with van der Waals surface area (Å²) in [4.78, 5) is 14.7. The number of morpholine rings is 1. The summed E-state index contributed by atoms with van der Waals surface area (Å²) in [7, 11) is 2.01. The third-order valence-corrected chi connectivity index (χ3v) is 5.06. The molecular formula is C17H19F4NO2. The molecule has 3 rings (SSSR count). The van der Waals surface area contributed by atoms with Crippen molar-refractivity contribution >= 4 is 5.78 Å². The van der Waals surface area contributed by atoms with E-state index in [9.17, 15) is 22.4 Å². The fourth-order valence-electron chi connectivity index (χ4n) is 3.60. The van der Waals surface area contributed by atoms with Gasteiger partial charge in [-0.15, -0.1) is 0 Å². The number of ketones is 1. The van der Waals surface area contributed by atoms with E-state index in [-0.39, 0.29) is 35.8 Å². The first kappa shape index (κ1) is 17.4. The third kappa shape index (κ3) is 3.47. The summed E-state index contributed by atoms with van der Waals surface area (Å²) in [6.45, 7) is 1.15. The summed E-state index contributed by atoms with van der Waals surface area (Å²) in [5.74, 6) is -1.58. The van der Waals surface area contributed by atoms with Crippen molar-refractivity contribution in [2.24, 2.45) is 5.92 Å². The number of piperidine rings is 1. The van der Waals surface area contributed by atoms with Gasteiger partial charge in [-0.2, -0.15) is 13.2 Å². The van der Waals surface area contributed by atoms with Gasteiger partial charge < -0.3 is 4.74 Å². The first-order valence-electron chi connectivity index (χ1n) is 7.93. The van der Waals surface area contributed by atoms with E-state index in [0.717, 1.165) is 12.1 Å². The Kier molecular flexibility index (Phi) is 4.66. The van der Waals surface area contributed by atoms with Crippen molar-refractivity contribution in [1.29, 1.82) is 0 Å². The molecule has 7 heteroatoms. The fraction of sp³-hybridized carbons (Fsp3) is 0.588. The molecule has 0 saturated carbocycles. The number of likely N-dealkylation sites (N-methyl/N-ethyl adjacent to an activating group) is 1. The van der Waals surface area contributed by atoms with E-state index in [1.54, 1.807) is 0 Å². The Morgan fingerprint density at radius 2 is 1.88 bits per heavy atom. The highest BCUT2D eigenvalue weighted by atomic mass is 19.4. The first-order valence-corrected chi connectivity index (χ1v) is 7.93. The van der Waals surface area contributed by atoms with Crippen molar-refractivity contribution < 1.29 is 27.1 Å². The Balaban J connectivity index is 1.71. The molecule has 2 atom stereocenters. The molecule has 0 aliphatic carbocycles. The molecule has 0 radical (unpaired) electrons. The number of carbonyl (C=O) groups is 1. The molecule has 2 aliphatic rings. The maximum absolute atomic E-state index is 13.3. The molecule has 0 spiro atoms. The number of benzene rings is 1. The lowest BCUT2D eigenvalue weighted by Gasteiger charge is -2.46. The average Bonchev–Trinajstić information content (AvgIpc) is 2.47. The zero-order valence-electron chi connectivity index (χ0n) is 13.3. The molecule has 24 heavy (non-hydrogen) atoms. The number of Topliss-reactive ketones (excluding diaryl/α,β-unsaturated/α-hetero) is 1. The van der Waals surface area contributed by atoms with Crippen LogP contribution in [0.3, 0.4) is 0 Å². The van der Waals surface area contributed by atoms with Gasteiger partial charge in [0.2, 0.25) is 0 Å². The molecule has 1 aromatic rings. The monoisotopic (exact) mass is 345 g/mol. The van der Waals surface area contributed by atoms with Crippen LogP contribution in [0, 0.1) is 11.7 Å². The number of hydrogen-bond donors (Lipinski definition) is 0. The summed E-state index contributed by atoms with van der Waals surface area (Å²) in [6, 6.07) is 3.12. The van der Waals surface area contributed by atoms with Crippen LogP contribution in [0.15, 0.2) is 18.2 Å². The second kappa shape index (κ2) is 6.44. The molecule has 2 bridgehead atoms. The summed E-state index contributed by atoms with van der Waals surface area (Å²) >= 11 is 0. The lowest BCUT2D eigenvalue weighted by atomic mass is 9.81. The van der Waals surface area contributed by atoms with Crippen molar-refractivity contribution in [1.82, 2.24) is 4.90 Å². The summed E-state index contributed by atoms with van der Waals surface area (Å²) in [5.41, 5.74) is -1.12. The highest BCUT2D eigenvalue weighted by Crippen LogP contribution is 2.34. The fourth-order valence-corrected chi connectivity index (χ4v) is 3.60.